The molecule has 1 N–H and O–H groups in total. The minimum atomic E-state index is -6.43. The third-order valence-corrected chi connectivity index (χ3v) is 12.9. The summed E-state index contributed by atoms with van der Waals surface area (Å²) in [5.74, 6) is 0. The number of hydrogen-bond acceptors (Lipinski definition) is 17. The van der Waals surface area contributed by atoms with Crippen molar-refractivity contribution in [1.82, 2.24) is 9.55 Å². The van der Waals surface area contributed by atoms with Crippen molar-refractivity contribution in [3.63, 3.8) is 0 Å². The summed E-state index contributed by atoms with van der Waals surface area (Å²) in [6.07, 6.45) is -4.43. The number of hydrogen-bond donors (Lipinski definition) is 1. The van der Waals surface area contributed by atoms with Gasteiger partial charge in [0, 0.05) is 29.0 Å². The first-order valence-electron chi connectivity index (χ1n) is 13.0. The molecule has 1 aromatic heterocycles. The van der Waals surface area contributed by atoms with E-state index in [2.05, 4.69) is 17.5 Å². The number of phosphoric acid groups is 3. The third-order valence-electron chi connectivity index (χ3n) is 6.42. The Bertz CT molecular complexity index is 1910. The molecule has 2 fully saturated rings. The number of H-pyrrole nitrogens is 1. The van der Waals surface area contributed by atoms with E-state index in [4.69, 9.17) is 25.8 Å². The van der Waals surface area contributed by atoms with Gasteiger partial charge < -0.3 is 42.9 Å². The maximum absolute atomic E-state index is 12.5. The second-order valence-electron chi connectivity index (χ2n) is 9.76. The van der Waals surface area contributed by atoms with E-state index in [1.165, 1.54) is 0 Å². The Hall–Kier alpha value is -2.11. The highest BCUT2D eigenvalue weighted by atomic mass is 35.5. The molecular weight excluding hydrogens is 736 g/mol. The molecule has 6 unspecified atom stereocenters. The highest BCUT2D eigenvalue weighted by molar-refractivity contribution is 7.71. The standard InChI is InChI=1S/C23H25ClN2O17P4/c24-15-6-8-16(9-7-15)44(29,30)41-46(33,34)43-47(35,36)42-45(31,32)37-13-17-20-21(22(38-17)26-11-10-18(27)25-23(26)28)40-19(39-20)12-14-4-2-1-3-5-14/h1-11,17,19-22H,12-13H2,(H,29,30)(H,31,32)(H,33,34)(H,35,36)(H,25,27,28)/p-4/t17-,19?,20+,21?,22-/m1/s1. The highest BCUT2D eigenvalue weighted by Gasteiger charge is 2.54. The predicted octanol–water partition coefficient (Wildman–Crippen LogP) is -0.209. The fourth-order valence-electron chi connectivity index (χ4n) is 4.55. The van der Waals surface area contributed by atoms with Crippen LogP contribution < -0.4 is 36.1 Å². The number of phosphoric ester groups is 1. The van der Waals surface area contributed by atoms with E-state index in [-0.39, 0.29) is 11.4 Å². The maximum atomic E-state index is 12.5. The molecule has 5 rings (SSSR count). The molecule has 19 nitrogen and oxygen atoms in total. The van der Waals surface area contributed by atoms with E-state index in [1.807, 2.05) is 4.98 Å². The molecule has 24 heteroatoms. The Morgan fingerprint density at radius 1 is 0.787 bits per heavy atom. The first-order chi connectivity index (χ1) is 21.9. The van der Waals surface area contributed by atoms with Crippen molar-refractivity contribution in [2.45, 2.75) is 37.3 Å². The highest BCUT2D eigenvalue weighted by Crippen LogP contribution is 2.66. The van der Waals surface area contributed by atoms with E-state index in [0.29, 0.717) is 0 Å². The Kier molecular flexibility index (Phi) is 10.8. The van der Waals surface area contributed by atoms with Gasteiger partial charge in [0.15, 0.2) is 20.1 Å². The monoisotopic (exact) mass is 756 g/mol. The number of halogens is 1. The molecule has 256 valence electrons. The fourth-order valence-corrected chi connectivity index (χ4v) is 9.88. The fraction of sp³-hybridized carbons (Fsp3) is 0.304. The summed E-state index contributed by atoms with van der Waals surface area (Å²) in [5.41, 5.74) is -0.812. The summed E-state index contributed by atoms with van der Waals surface area (Å²) < 4.78 is 83.2. The van der Waals surface area contributed by atoms with Gasteiger partial charge in [0.05, 0.1) is 6.61 Å². The van der Waals surface area contributed by atoms with Crippen LogP contribution in [0.25, 0.3) is 0 Å². The Morgan fingerprint density at radius 3 is 2.06 bits per heavy atom. The molecule has 2 aliphatic rings. The molecule has 0 aliphatic carbocycles. The molecule has 2 aromatic carbocycles. The van der Waals surface area contributed by atoms with Crippen LogP contribution in [0.2, 0.25) is 5.02 Å². The molecule has 2 aliphatic heterocycles. The summed E-state index contributed by atoms with van der Waals surface area (Å²) in [6, 6.07) is 13.8. The predicted molar refractivity (Wildman–Crippen MR) is 150 cm³/mol. The van der Waals surface area contributed by atoms with Crippen LogP contribution in [0, 0.1) is 0 Å². The molecule has 0 saturated carbocycles. The lowest BCUT2D eigenvalue weighted by Gasteiger charge is -2.36. The SMILES string of the molecule is O=c1ccn([C@@H]2O[C@H](COP(=O)([O-])OP(=O)([O-])OP(=O)([O-])OP(=O)([O-])c3ccc(Cl)cc3)[C@@H]3OC(Cc4ccccc4)OC32)c(=O)[nH]1. The minimum absolute atomic E-state index is 0.0809. The zero-order valence-corrected chi connectivity index (χ0v) is 27.5. The van der Waals surface area contributed by atoms with Crippen molar-refractivity contribution in [2.75, 3.05) is 6.61 Å². The van der Waals surface area contributed by atoms with E-state index in [0.717, 1.165) is 46.7 Å². The molecule has 0 bridgehead atoms. The molecule has 3 aromatic rings. The van der Waals surface area contributed by atoms with Gasteiger partial charge in [-0.05, 0) is 29.8 Å². The van der Waals surface area contributed by atoms with Crippen LogP contribution in [-0.4, -0.2) is 40.8 Å². The average Bonchev–Trinajstić information content (AvgIpc) is 3.50. The normalized spacial score (nSPS) is 27.6. The van der Waals surface area contributed by atoms with Crippen molar-refractivity contribution in [3.05, 3.63) is 98.3 Å². The molecule has 0 amide bonds. The van der Waals surface area contributed by atoms with Gasteiger partial charge in [-0.3, -0.25) is 32.4 Å². The van der Waals surface area contributed by atoms with Crippen LogP contribution in [-0.2, 0) is 56.3 Å². The zero-order chi connectivity index (χ0) is 34.2. The minimum Gasteiger partial charge on any atom is -0.775 e. The molecule has 0 radical (unpaired) electrons. The van der Waals surface area contributed by atoms with Crippen LogP contribution in [0.15, 0.2) is 76.4 Å². The average molecular weight is 757 g/mol. The second kappa shape index (κ2) is 14.0. The molecule has 9 atom stereocenters. The quantitative estimate of drug-likeness (QED) is 0.221. The van der Waals surface area contributed by atoms with Crippen LogP contribution in [0.5, 0.6) is 0 Å². The van der Waals surface area contributed by atoms with E-state index >= 15 is 0 Å². The number of ether oxygens (including phenoxy) is 3. The van der Waals surface area contributed by atoms with Gasteiger partial charge in [-0.2, -0.15) is 0 Å². The topological polar surface area (TPSA) is 280 Å². The molecular formula is C23H21ClN2O17P4-4. The molecule has 3 heterocycles. The molecule has 0 spiro atoms. The van der Waals surface area contributed by atoms with Crippen molar-refractivity contribution >= 4 is 48.0 Å². The molecule has 2 saturated heterocycles. The van der Waals surface area contributed by atoms with Crippen molar-refractivity contribution < 1.29 is 69.5 Å². The van der Waals surface area contributed by atoms with Crippen LogP contribution in [0.4, 0.5) is 0 Å². The Labute approximate surface area is 268 Å². The van der Waals surface area contributed by atoms with Gasteiger partial charge in [0.2, 0.25) is 0 Å². The van der Waals surface area contributed by atoms with E-state index < -0.39 is 85.1 Å². The smallest absolute Gasteiger partial charge is 0.330 e. The number of aromatic nitrogens is 2. The number of benzene rings is 2. The van der Waals surface area contributed by atoms with Crippen molar-refractivity contribution in [1.29, 1.82) is 0 Å². The summed E-state index contributed by atoms with van der Waals surface area (Å²) in [4.78, 5) is 74.9. The lowest BCUT2D eigenvalue weighted by Crippen LogP contribution is -2.36. The van der Waals surface area contributed by atoms with Gasteiger partial charge in [0.25, 0.3) is 29.0 Å². The van der Waals surface area contributed by atoms with Crippen molar-refractivity contribution in [3.8, 4) is 0 Å². The van der Waals surface area contributed by atoms with Gasteiger partial charge in [-0.25, -0.2) is 13.4 Å². The lowest BCUT2D eigenvalue weighted by atomic mass is 10.1. The van der Waals surface area contributed by atoms with E-state index in [1.54, 1.807) is 30.3 Å². The molecule has 47 heavy (non-hydrogen) atoms. The summed E-state index contributed by atoms with van der Waals surface area (Å²) in [7, 11) is -24.3. The summed E-state index contributed by atoms with van der Waals surface area (Å²) in [5, 5.41) is -0.653. The third kappa shape index (κ3) is 9.32. The number of nitrogens with zero attached hydrogens (tertiary/aromatic N) is 1. The first kappa shape index (κ1) is 36.2. The van der Waals surface area contributed by atoms with Crippen LogP contribution in [0.3, 0.4) is 0 Å². The number of rotatable bonds is 13. The lowest BCUT2D eigenvalue weighted by molar-refractivity contribution is -0.251. The Balaban J connectivity index is 1.26. The number of aromatic amines is 1. The van der Waals surface area contributed by atoms with Gasteiger partial charge in [0.1, 0.15) is 18.3 Å². The zero-order valence-electron chi connectivity index (χ0n) is 23.2. The van der Waals surface area contributed by atoms with Gasteiger partial charge in [-0.1, -0.05) is 41.9 Å². The van der Waals surface area contributed by atoms with Crippen LogP contribution in [0.1, 0.15) is 11.8 Å². The maximum Gasteiger partial charge on any atom is 0.330 e. The van der Waals surface area contributed by atoms with E-state index in [9.17, 15) is 47.4 Å². The summed E-state index contributed by atoms with van der Waals surface area (Å²) in [6.45, 7) is -1.02. The summed E-state index contributed by atoms with van der Waals surface area (Å²) >= 11 is 5.64. The number of nitrogens with one attached hydrogen (secondary N) is 1. The number of fused-ring (bicyclic) bond motifs is 1. The van der Waals surface area contributed by atoms with Gasteiger partial charge in [-0.15, -0.1) is 0 Å². The second-order valence-corrected chi connectivity index (χ2v) is 16.6. The first-order valence-corrected chi connectivity index (χ1v) is 19.3. The largest absolute Gasteiger partial charge is 0.775 e. The van der Waals surface area contributed by atoms with Crippen molar-refractivity contribution in [2.24, 2.45) is 0 Å². The Morgan fingerprint density at radius 2 is 1.40 bits per heavy atom. The van der Waals surface area contributed by atoms with Gasteiger partial charge >= 0.3 is 5.69 Å². The van der Waals surface area contributed by atoms with Crippen LogP contribution >= 0.6 is 42.7 Å².